The van der Waals surface area contributed by atoms with Gasteiger partial charge in [0.05, 0.1) is 4.92 Å². The van der Waals surface area contributed by atoms with Crippen LogP contribution in [0.4, 0.5) is 11.4 Å². The van der Waals surface area contributed by atoms with E-state index in [9.17, 15) is 10.1 Å². The Bertz CT molecular complexity index is 442. The molecule has 6 heteroatoms. The van der Waals surface area contributed by atoms with Gasteiger partial charge in [0.15, 0.2) is 0 Å². The Hall–Kier alpha value is -1.33. The molecule has 92 valence electrons. The van der Waals surface area contributed by atoms with Crippen LogP contribution in [0.3, 0.4) is 0 Å². The number of nitro benzene ring substituents is 1. The lowest BCUT2D eigenvalue weighted by molar-refractivity contribution is -0.384. The van der Waals surface area contributed by atoms with Crippen molar-refractivity contribution in [1.29, 1.82) is 0 Å². The summed E-state index contributed by atoms with van der Waals surface area (Å²) in [6.45, 7) is 3.39. The first-order chi connectivity index (χ1) is 7.99. The molecule has 0 aromatic heterocycles. The van der Waals surface area contributed by atoms with Crippen molar-refractivity contribution in [2.75, 3.05) is 18.0 Å². The van der Waals surface area contributed by atoms with Crippen molar-refractivity contribution >= 4 is 23.0 Å². The Kier molecular flexibility index (Phi) is 3.22. The van der Waals surface area contributed by atoms with Gasteiger partial charge in [-0.15, -0.1) is 0 Å². The minimum Gasteiger partial charge on any atom is -0.364 e. The van der Waals surface area contributed by atoms with Crippen LogP contribution in [0, 0.1) is 16.0 Å². The summed E-state index contributed by atoms with van der Waals surface area (Å²) in [5.74, 6) is 0.327. The average molecular weight is 256 g/mol. The maximum absolute atomic E-state index is 11.0. The average Bonchev–Trinajstić information content (AvgIpc) is 2.58. The summed E-state index contributed by atoms with van der Waals surface area (Å²) in [5, 5.41) is 11.5. The van der Waals surface area contributed by atoms with E-state index >= 15 is 0 Å². The van der Waals surface area contributed by atoms with E-state index in [4.69, 9.17) is 17.3 Å². The Morgan fingerprint density at radius 1 is 1.53 bits per heavy atom. The van der Waals surface area contributed by atoms with Crippen LogP contribution in [0.1, 0.15) is 6.92 Å². The first-order valence-electron chi connectivity index (χ1n) is 5.43. The molecule has 0 amide bonds. The molecule has 5 nitrogen and oxygen atoms in total. The Labute approximate surface area is 104 Å². The van der Waals surface area contributed by atoms with Crippen LogP contribution >= 0.6 is 11.6 Å². The molecule has 2 atom stereocenters. The molecule has 0 spiro atoms. The molecular weight excluding hydrogens is 242 g/mol. The summed E-state index contributed by atoms with van der Waals surface area (Å²) in [5.41, 5.74) is 6.56. The van der Waals surface area contributed by atoms with Crippen LogP contribution in [-0.2, 0) is 0 Å². The summed E-state index contributed by atoms with van der Waals surface area (Å²) in [7, 11) is 0. The fourth-order valence-corrected chi connectivity index (χ4v) is 2.26. The zero-order valence-corrected chi connectivity index (χ0v) is 10.2. The highest BCUT2D eigenvalue weighted by Crippen LogP contribution is 2.33. The number of benzene rings is 1. The number of halogens is 1. The van der Waals surface area contributed by atoms with Crippen molar-refractivity contribution in [2.24, 2.45) is 11.7 Å². The topological polar surface area (TPSA) is 72.4 Å². The predicted octanol–water partition coefficient (Wildman–Crippen LogP) is 2.03. The van der Waals surface area contributed by atoms with Crippen LogP contribution in [0.2, 0.25) is 5.02 Å². The maximum Gasteiger partial charge on any atom is 0.292 e. The number of rotatable bonds is 2. The quantitative estimate of drug-likeness (QED) is 0.648. The minimum atomic E-state index is -0.389. The van der Waals surface area contributed by atoms with Gasteiger partial charge in [0, 0.05) is 30.2 Å². The zero-order chi connectivity index (χ0) is 12.6. The molecule has 0 aliphatic carbocycles. The van der Waals surface area contributed by atoms with Gasteiger partial charge in [-0.25, -0.2) is 0 Å². The molecule has 0 saturated carbocycles. The van der Waals surface area contributed by atoms with Gasteiger partial charge >= 0.3 is 0 Å². The van der Waals surface area contributed by atoms with E-state index in [1.54, 1.807) is 6.07 Å². The van der Waals surface area contributed by atoms with Crippen molar-refractivity contribution < 1.29 is 4.92 Å². The molecule has 2 N–H and O–H groups in total. The van der Waals surface area contributed by atoms with E-state index in [1.165, 1.54) is 12.1 Å². The standard InChI is InChI=1S/C11H14ClN3O2/c1-7-5-14(6-9(7)13)11-4-8(12)2-3-10(11)15(16)17/h2-4,7,9H,5-6,13H2,1H3. The number of hydrogen-bond donors (Lipinski definition) is 1. The van der Waals surface area contributed by atoms with Gasteiger partial charge in [0.25, 0.3) is 5.69 Å². The van der Waals surface area contributed by atoms with Crippen molar-refractivity contribution in [3.8, 4) is 0 Å². The second kappa shape index (κ2) is 4.50. The SMILES string of the molecule is CC1CN(c2cc(Cl)ccc2[N+](=O)[O-])CC1N. The smallest absolute Gasteiger partial charge is 0.292 e. The lowest BCUT2D eigenvalue weighted by atomic mass is 10.1. The number of nitrogens with zero attached hydrogens (tertiary/aromatic N) is 2. The van der Waals surface area contributed by atoms with Crippen LogP contribution in [0.5, 0.6) is 0 Å². The normalized spacial score (nSPS) is 24.1. The maximum atomic E-state index is 11.0. The van der Waals surface area contributed by atoms with E-state index in [-0.39, 0.29) is 16.7 Å². The molecule has 17 heavy (non-hydrogen) atoms. The van der Waals surface area contributed by atoms with E-state index < -0.39 is 0 Å². The summed E-state index contributed by atoms with van der Waals surface area (Å²) in [4.78, 5) is 12.5. The first-order valence-corrected chi connectivity index (χ1v) is 5.81. The molecule has 1 aromatic rings. The fourth-order valence-electron chi connectivity index (χ4n) is 2.09. The largest absolute Gasteiger partial charge is 0.364 e. The van der Waals surface area contributed by atoms with Crippen LogP contribution in [0.25, 0.3) is 0 Å². The number of hydrogen-bond acceptors (Lipinski definition) is 4. The predicted molar refractivity (Wildman–Crippen MR) is 67.5 cm³/mol. The van der Waals surface area contributed by atoms with Crippen LogP contribution < -0.4 is 10.6 Å². The Morgan fingerprint density at radius 3 is 2.76 bits per heavy atom. The highest BCUT2D eigenvalue weighted by molar-refractivity contribution is 6.31. The molecule has 1 aromatic carbocycles. The van der Waals surface area contributed by atoms with Crippen molar-refractivity contribution in [2.45, 2.75) is 13.0 Å². The molecule has 1 aliphatic heterocycles. The summed E-state index contributed by atoms with van der Waals surface area (Å²) in [6, 6.07) is 4.65. The third kappa shape index (κ3) is 2.35. The molecular formula is C11H14ClN3O2. The van der Waals surface area contributed by atoms with E-state index in [0.717, 1.165) is 6.54 Å². The Morgan fingerprint density at radius 2 is 2.24 bits per heavy atom. The number of nitrogens with two attached hydrogens (primary N) is 1. The van der Waals surface area contributed by atoms with Crippen molar-refractivity contribution in [1.82, 2.24) is 0 Å². The highest BCUT2D eigenvalue weighted by atomic mass is 35.5. The molecule has 1 aliphatic rings. The van der Waals surface area contributed by atoms with Gasteiger partial charge in [0.1, 0.15) is 5.69 Å². The zero-order valence-electron chi connectivity index (χ0n) is 9.47. The summed E-state index contributed by atoms with van der Waals surface area (Å²) in [6.07, 6.45) is 0. The second-order valence-corrected chi connectivity index (χ2v) is 4.87. The lowest BCUT2D eigenvalue weighted by Gasteiger charge is -2.18. The van der Waals surface area contributed by atoms with Crippen LogP contribution in [-0.4, -0.2) is 24.1 Å². The monoisotopic (exact) mass is 255 g/mol. The van der Waals surface area contributed by atoms with Gasteiger partial charge < -0.3 is 10.6 Å². The van der Waals surface area contributed by atoms with Gasteiger partial charge in [-0.2, -0.15) is 0 Å². The third-order valence-electron chi connectivity index (χ3n) is 3.15. The fraction of sp³-hybridized carbons (Fsp3) is 0.455. The first kappa shape index (κ1) is 12.1. The molecule has 1 fully saturated rings. The highest BCUT2D eigenvalue weighted by Gasteiger charge is 2.30. The molecule has 0 bridgehead atoms. The molecule has 1 heterocycles. The summed E-state index contributed by atoms with van der Waals surface area (Å²) >= 11 is 5.89. The van der Waals surface area contributed by atoms with E-state index in [1.807, 2.05) is 11.8 Å². The Balaban J connectivity index is 2.37. The van der Waals surface area contributed by atoms with Gasteiger partial charge in [-0.05, 0) is 18.1 Å². The molecule has 0 radical (unpaired) electrons. The lowest BCUT2D eigenvalue weighted by Crippen LogP contribution is -2.28. The van der Waals surface area contributed by atoms with Crippen molar-refractivity contribution in [3.63, 3.8) is 0 Å². The summed E-state index contributed by atoms with van der Waals surface area (Å²) < 4.78 is 0. The van der Waals surface area contributed by atoms with E-state index in [2.05, 4.69) is 0 Å². The van der Waals surface area contributed by atoms with E-state index in [0.29, 0.717) is 23.2 Å². The second-order valence-electron chi connectivity index (χ2n) is 4.44. The molecule has 1 saturated heterocycles. The van der Waals surface area contributed by atoms with Gasteiger partial charge in [-0.3, -0.25) is 10.1 Å². The number of anilines is 1. The third-order valence-corrected chi connectivity index (χ3v) is 3.38. The molecule has 2 unspecified atom stereocenters. The number of nitro groups is 1. The van der Waals surface area contributed by atoms with Gasteiger partial charge in [0.2, 0.25) is 0 Å². The van der Waals surface area contributed by atoms with Gasteiger partial charge in [-0.1, -0.05) is 18.5 Å². The van der Waals surface area contributed by atoms with Crippen molar-refractivity contribution in [3.05, 3.63) is 33.3 Å². The van der Waals surface area contributed by atoms with Crippen LogP contribution in [0.15, 0.2) is 18.2 Å². The minimum absolute atomic E-state index is 0.0496. The molecule has 2 rings (SSSR count).